The number of methoxy groups -OCH3 is 1. The van der Waals surface area contributed by atoms with Crippen LogP contribution in [-0.2, 0) is 14.3 Å². The summed E-state index contributed by atoms with van der Waals surface area (Å²) in [5.74, 6) is -0.451. The molecule has 1 atom stereocenters. The zero-order valence-corrected chi connectivity index (χ0v) is 11.5. The third kappa shape index (κ3) is 3.00. The molecular formula is C12H13ClN2O5. The second-order valence-electron chi connectivity index (χ2n) is 4.22. The number of esters is 1. The van der Waals surface area contributed by atoms with Gasteiger partial charge in [0.1, 0.15) is 0 Å². The van der Waals surface area contributed by atoms with E-state index in [1.54, 1.807) is 6.07 Å². The summed E-state index contributed by atoms with van der Waals surface area (Å²) in [6.07, 6.45) is -0.681. The van der Waals surface area contributed by atoms with Gasteiger partial charge in [-0.3, -0.25) is 10.1 Å². The number of hydrogen-bond acceptors (Lipinski definition) is 6. The maximum atomic E-state index is 11.5. The number of anilines is 1. The Hall–Kier alpha value is -1.86. The van der Waals surface area contributed by atoms with Crippen LogP contribution in [0.5, 0.6) is 0 Å². The van der Waals surface area contributed by atoms with Crippen LogP contribution in [0.4, 0.5) is 11.4 Å². The minimum absolute atomic E-state index is 0.0727. The van der Waals surface area contributed by atoms with E-state index in [0.717, 1.165) is 0 Å². The van der Waals surface area contributed by atoms with Crippen LogP contribution in [0, 0.1) is 10.1 Å². The number of nitro benzene ring substituents is 1. The molecule has 1 saturated heterocycles. The van der Waals surface area contributed by atoms with Gasteiger partial charge >= 0.3 is 5.97 Å². The highest BCUT2D eigenvalue weighted by Crippen LogP contribution is 2.30. The highest BCUT2D eigenvalue weighted by atomic mass is 35.5. The second kappa shape index (κ2) is 6.06. The molecule has 1 aromatic carbocycles. The molecule has 108 valence electrons. The average molecular weight is 301 g/mol. The molecule has 0 aliphatic carbocycles. The second-order valence-corrected chi connectivity index (χ2v) is 4.63. The summed E-state index contributed by atoms with van der Waals surface area (Å²) in [4.78, 5) is 23.5. The van der Waals surface area contributed by atoms with Crippen molar-refractivity contribution in [2.75, 3.05) is 31.7 Å². The Labute approximate surface area is 120 Å². The fraction of sp³-hybridized carbons (Fsp3) is 0.417. The molecule has 1 fully saturated rings. The molecule has 1 aliphatic heterocycles. The van der Waals surface area contributed by atoms with Crippen LogP contribution in [0.15, 0.2) is 18.2 Å². The molecule has 0 N–H and O–H groups in total. The highest BCUT2D eigenvalue weighted by Gasteiger charge is 2.28. The van der Waals surface area contributed by atoms with Gasteiger partial charge < -0.3 is 14.4 Å². The number of nitro groups is 1. The van der Waals surface area contributed by atoms with Crippen LogP contribution in [-0.4, -0.2) is 43.8 Å². The molecule has 0 amide bonds. The van der Waals surface area contributed by atoms with Crippen LogP contribution in [0.3, 0.4) is 0 Å². The Morgan fingerprint density at radius 3 is 2.95 bits per heavy atom. The van der Waals surface area contributed by atoms with Gasteiger partial charge in [-0.05, 0) is 6.07 Å². The maximum Gasteiger partial charge on any atom is 0.336 e. The van der Waals surface area contributed by atoms with Crippen molar-refractivity contribution >= 4 is 28.9 Å². The van der Waals surface area contributed by atoms with Crippen molar-refractivity contribution in [1.29, 1.82) is 0 Å². The predicted octanol–water partition coefficient (Wildman–Crippen LogP) is 1.63. The minimum atomic E-state index is -0.681. The summed E-state index contributed by atoms with van der Waals surface area (Å²) in [7, 11) is 1.30. The standard InChI is InChI=1S/C12H13ClN2O5/c1-19-12(16)11-7-14(4-5-20-11)10-3-2-8(15(17)18)6-9(10)13/h2-3,6,11H,4-5,7H2,1H3. The molecule has 1 aliphatic rings. The van der Waals surface area contributed by atoms with Gasteiger partial charge in [-0.15, -0.1) is 0 Å². The first kappa shape index (κ1) is 14.5. The Balaban J connectivity index is 2.19. The summed E-state index contributed by atoms with van der Waals surface area (Å²) in [5, 5.41) is 10.9. The van der Waals surface area contributed by atoms with E-state index in [0.29, 0.717) is 25.4 Å². The van der Waals surface area contributed by atoms with Crippen LogP contribution in [0.25, 0.3) is 0 Å². The van der Waals surface area contributed by atoms with E-state index in [2.05, 4.69) is 4.74 Å². The molecule has 1 unspecified atom stereocenters. The first-order valence-electron chi connectivity index (χ1n) is 5.91. The highest BCUT2D eigenvalue weighted by molar-refractivity contribution is 6.33. The van der Waals surface area contributed by atoms with E-state index in [1.165, 1.54) is 19.2 Å². The third-order valence-corrected chi connectivity index (χ3v) is 3.32. The van der Waals surface area contributed by atoms with Crippen LogP contribution < -0.4 is 4.90 Å². The zero-order chi connectivity index (χ0) is 14.7. The smallest absolute Gasteiger partial charge is 0.336 e. The molecule has 8 heteroatoms. The lowest BCUT2D eigenvalue weighted by molar-refractivity contribution is -0.384. The lowest BCUT2D eigenvalue weighted by Crippen LogP contribution is -2.46. The van der Waals surface area contributed by atoms with Gasteiger partial charge in [0, 0.05) is 18.7 Å². The number of hydrogen-bond donors (Lipinski definition) is 0. The lowest BCUT2D eigenvalue weighted by Gasteiger charge is -2.33. The summed E-state index contributed by atoms with van der Waals surface area (Å²) in [6.45, 7) is 1.20. The summed E-state index contributed by atoms with van der Waals surface area (Å²) in [5.41, 5.74) is 0.561. The van der Waals surface area contributed by atoms with Crippen molar-refractivity contribution in [2.45, 2.75) is 6.10 Å². The number of benzene rings is 1. The fourth-order valence-electron chi connectivity index (χ4n) is 2.01. The molecule has 7 nitrogen and oxygen atoms in total. The van der Waals surface area contributed by atoms with E-state index in [4.69, 9.17) is 16.3 Å². The van der Waals surface area contributed by atoms with Gasteiger partial charge in [0.05, 0.1) is 35.9 Å². The number of carbonyl (C=O) groups excluding carboxylic acids is 1. The number of ether oxygens (including phenoxy) is 2. The van der Waals surface area contributed by atoms with Gasteiger partial charge in [0.25, 0.3) is 5.69 Å². The van der Waals surface area contributed by atoms with Crippen molar-refractivity contribution in [1.82, 2.24) is 0 Å². The first-order chi connectivity index (χ1) is 9.52. The third-order valence-electron chi connectivity index (χ3n) is 3.01. The number of nitrogens with zero attached hydrogens (tertiary/aromatic N) is 2. The average Bonchev–Trinajstić information content (AvgIpc) is 2.46. The van der Waals surface area contributed by atoms with E-state index in [1.807, 2.05) is 4.90 Å². The van der Waals surface area contributed by atoms with Crippen molar-refractivity contribution in [3.8, 4) is 0 Å². The van der Waals surface area contributed by atoms with E-state index in [9.17, 15) is 14.9 Å². The number of non-ortho nitro benzene ring substituents is 1. The van der Waals surface area contributed by atoms with Crippen molar-refractivity contribution in [2.24, 2.45) is 0 Å². The Bertz CT molecular complexity index is 537. The molecule has 20 heavy (non-hydrogen) atoms. The lowest BCUT2D eigenvalue weighted by atomic mass is 10.2. The summed E-state index contributed by atoms with van der Waals surface area (Å²) < 4.78 is 9.96. The Kier molecular flexibility index (Phi) is 4.41. The largest absolute Gasteiger partial charge is 0.467 e. The fourth-order valence-corrected chi connectivity index (χ4v) is 2.30. The molecule has 1 aromatic rings. The normalized spacial score (nSPS) is 18.7. The van der Waals surface area contributed by atoms with Gasteiger partial charge in [0.2, 0.25) is 0 Å². The molecule has 0 radical (unpaired) electrons. The Morgan fingerprint density at radius 2 is 2.35 bits per heavy atom. The van der Waals surface area contributed by atoms with Crippen molar-refractivity contribution < 1.29 is 19.2 Å². The molecule has 2 rings (SSSR count). The first-order valence-corrected chi connectivity index (χ1v) is 6.29. The number of rotatable bonds is 3. The van der Waals surface area contributed by atoms with E-state index >= 15 is 0 Å². The van der Waals surface area contributed by atoms with Crippen LogP contribution in [0.1, 0.15) is 0 Å². The van der Waals surface area contributed by atoms with E-state index in [-0.39, 0.29) is 10.7 Å². The molecule has 0 spiro atoms. The van der Waals surface area contributed by atoms with Crippen LogP contribution in [0.2, 0.25) is 5.02 Å². The summed E-state index contributed by atoms with van der Waals surface area (Å²) >= 11 is 6.06. The molecular weight excluding hydrogens is 288 g/mol. The van der Waals surface area contributed by atoms with Gasteiger partial charge in [-0.25, -0.2) is 4.79 Å². The molecule has 1 heterocycles. The predicted molar refractivity (Wildman–Crippen MR) is 72.1 cm³/mol. The van der Waals surface area contributed by atoms with Gasteiger partial charge in [0.15, 0.2) is 6.10 Å². The van der Waals surface area contributed by atoms with Crippen molar-refractivity contribution in [3.63, 3.8) is 0 Å². The monoisotopic (exact) mass is 300 g/mol. The topological polar surface area (TPSA) is 81.9 Å². The SMILES string of the molecule is COC(=O)C1CN(c2ccc([N+](=O)[O-])cc2Cl)CCO1. The molecule has 0 aromatic heterocycles. The van der Waals surface area contributed by atoms with E-state index < -0.39 is 17.0 Å². The maximum absolute atomic E-state index is 11.5. The minimum Gasteiger partial charge on any atom is -0.467 e. The number of carbonyl (C=O) groups is 1. The molecule has 0 bridgehead atoms. The number of halogens is 1. The quantitative estimate of drug-likeness (QED) is 0.479. The van der Waals surface area contributed by atoms with Crippen molar-refractivity contribution in [3.05, 3.63) is 33.3 Å². The van der Waals surface area contributed by atoms with Crippen LogP contribution >= 0.6 is 11.6 Å². The Morgan fingerprint density at radius 1 is 1.60 bits per heavy atom. The molecule has 0 saturated carbocycles. The zero-order valence-electron chi connectivity index (χ0n) is 10.7. The number of morpholine rings is 1. The van der Waals surface area contributed by atoms with Gasteiger partial charge in [-0.2, -0.15) is 0 Å². The van der Waals surface area contributed by atoms with Gasteiger partial charge in [-0.1, -0.05) is 11.6 Å². The summed E-state index contributed by atoms with van der Waals surface area (Å²) in [6, 6.07) is 4.24.